The number of carbonyl (C=O) groups excluding carboxylic acids is 1. The van der Waals surface area contributed by atoms with Gasteiger partial charge in [-0.2, -0.15) is 10.5 Å². The van der Waals surface area contributed by atoms with Crippen LogP contribution in [0, 0.1) is 22.7 Å². The highest BCUT2D eigenvalue weighted by atomic mass is 35.5. The van der Waals surface area contributed by atoms with E-state index in [2.05, 4.69) is 5.32 Å². The standard InChI is InChI=1S/C17H9Cl2N3O/c18-12-5-6-16(22-10-11(8-20)9-21)14(7-12)17(23)13-3-1-2-4-15(13)19/h1-7,10,22H. The highest BCUT2D eigenvalue weighted by Crippen LogP contribution is 2.26. The Bertz CT molecular complexity index is 860. The van der Waals surface area contributed by atoms with E-state index in [-0.39, 0.29) is 16.9 Å². The van der Waals surface area contributed by atoms with Crippen molar-refractivity contribution in [1.82, 2.24) is 0 Å². The predicted molar refractivity (Wildman–Crippen MR) is 89.3 cm³/mol. The number of ketones is 1. The van der Waals surface area contributed by atoms with Crippen LogP contribution in [0.4, 0.5) is 5.69 Å². The molecule has 0 aliphatic heterocycles. The molecule has 0 atom stereocenters. The molecule has 0 aromatic heterocycles. The highest BCUT2D eigenvalue weighted by molar-refractivity contribution is 6.35. The van der Waals surface area contributed by atoms with Gasteiger partial charge in [-0.15, -0.1) is 0 Å². The van der Waals surface area contributed by atoms with Crippen molar-refractivity contribution in [1.29, 1.82) is 10.5 Å². The molecular formula is C17H9Cl2N3O. The van der Waals surface area contributed by atoms with Crippen molar-refractivity contribution in [3.63, 3.8) is 0 Å². The topological polar surface area (TPSA) is 76.7 Å². The number of allylic oxidation sites excluding steroid dienone is 1. The molecule has 0 amide bonds. The van der Waals surface area contributed by atoms with Crippen molar-refractivity contribution in [3.8, 4) is 12.1 Å². The van der Waals surface area contributed by atoms with Gasteiger partial charge >= 0.3 is 0 Å². The summed E-state index contributed by atoms with van der Waals surface area (Å²) >= 11 is 12.0. The maximum Gasteiger partial charge on any atom is 0.196 e. The zero-order valence-corrected chi connectivity index (χ0v) is 13.2. The Labute approximate surface area is 143 Å². The average molecular weight is 342 g/mol. The smallest absolute Gasteiger partial charge is 0.196 e. The summed E-state index contributed by atoms with van der Waals surface area (Å²) in [5.41, 5.74) is 0.930. The number of hydrogen-bond acceptors (Lipinski definition) is 4. The molecule has 0 heterocycles. The number of benzene rings is 2. The van der Waals surface area contributed by atoms with Gasteiger partial charge in [-0.25, -0.2) is 0 Å². The van der Waals surface area contributed by atoms with Crippen LogP contribution in [0.15, 0.2) is 54.2 Å². The minimum atomic E-state index is -0.315. The number of hydrogen-bond donors (Lipinski definition) is 1. The Morgan fingerprint density at radius 1 is 1.04 bits per heavy atom. The predicted octanol–water partition coefficient (Wildman–Crippen LogP) is 4.57. The molecule has 4 nitrogen and oxygen atoms in total. The van der Waals surface area contributed by atoms with Crippen molar-refractivity contribution in [2.75, 3.05) is 5.32 Å². The van der Waals surface area contributed by atoms with Crippen LogP contribution in [0.25, 0.3) is 0 Å². The van der Waals surface area contributed by atoms with Gasteiger partial charge in [-0.3, -0.25) is 4.79 Å². The molecule has 0 saturated heterocycles. The molecule has 0 bridgehead atoms. The Kier molecular flexibility index (Phi) is 5.38. The SMILES string of the molecule is N#CC(C#N)=CNc1ccc(Cl)cc1C(=O)c1ccccc1Cl. The van der Waals surface area contributed by atoms with Crippen LogP contribution in [0.2, 0.25) is 10.0 Å². The number of nitrogens with zero attached hydrogens (tertiary/aromatic N) is 2. The molecule has 0 saturated carbocycles. The Morgan fingerprint density at radius 2 is 1.74 bits per heavy atom. The average Bonchev–Trinajstić information content (AvgIpc) is 2.56. The van der Waals surface area contributed by atoms with Gasteiger partial charge in [0.05, 0.1) is 5.02 Å². The molecule has 0 spiro atoms. The number of halogens is 2. The van der Waals surface area contributed by atoms with Crippen LogP contribution in [0.3, 0.4) is 0 Å². The summed E-state index contributed by atoms with van der Waals surface area (Å²) in [4.78, 5) is 12.7. The number of nitrogens with one attached hydrogen (secondary N) is 1. The molecule has 0 aliphatic rings. The summed E-state index contributed by atoms with van der Waals surface area (Å²) < 4.78 is 0. The van der Waals surface area contributed by atoms with Crippen LogP contribution < -0.4 is 5.32 Å². The highest BCUT2D eigenvalue weighted by Gasteiger charge is 2.16. The monoisotopic (exact) mass is 341 g/mol. The molecule has 2 rings (SSSR count). The van der Waals surface area contributed by atoms with E-state index in [1.807, 2.05) is 0 Å². The van der Waals surface area contributed by atoms with Gasteiger partial charge in [0.25, 0.3) is 0 Å². The lowest BCUT2D eigenvalue weighted by molar-refractivity contribution is 0.103. The lowest BCUT2D eigenvalue weighted by Crippen LogP contribution is -2.06. The fourth-order valence-electron chi connectivity index (χ4n) is 1.86. The van der Waals surface area contributed by atoms with Gasteiger partial charge in [0.15, 0.2) is 5.78 Å². The molecule has 23 heavy (non-hydrogen) atoms. The van der Waals surface area contributed by atoms with Crippen molar-refractivity contribution < 1.29 is 4.79 Å². The first-order chi connectivity index (χ1) is 11.1. The number of nitriles is 2. The Balaban J connectivity index is 2.47. The van der Waals surface area contributed by atoms with E-state index in [1.165, 1.54) is 12.3 Å². The molecule has 112 valence electrons. The summed E-state index contributed by atoms with van der Waals surface area (Å²) in [7, 11) is 0. The number of rotatable bonds is 4. The summed E-state index contributed by atoms with van der Waals surface area (Å²) in [5, 5.41) is 21.0. The molecule has 0 unspecified atom stereocenters. The third-order valence-corrected chi connectivity index (χ3v) is 3.52. The Hall–Kier alpha value is -2.79. The number of anilines is 1. The second-order valence-electron chi connectivity index (χ2n) is 4.42. The van der Waals surface area contributed by atoms with Crippen LogP contribution >= 0.6 is 23.2 Å². The van der Waals surface area contributed by atoms with Crippen molar-refractivity contribution in [2.24, 2.45) is 0 Å². The lowest BCUT2D eigenvalue weighted by atomic mass is 10.0. The van der Waals surface area contributed by atoms with E-state index in [4.69, 9.17) is 33.7 Å². The molecule has 0 aliphatic carbocycles. The van der Waals surface area contributed by atoms with Gasteiger partial charge in [0.2, 0.25) is 0 Å². The fourth-order valence-corrected chi connectivity index (χ4v) is 2.25. The van der Waals surface area contributed by atoms with Crippen LogP contribution in [0.5, 0.6) is 0 Å². The maximum atomic E-state index is 12.7. The minimum absolute atomic E-state index is 0.115. The first kappa shape index (κ1) is 16.6. The second-order valence-corrected chi connectivity index (χ2v) is 5.27. The first-order valence-corrected chi connectivity index (χ1v) is 7.18. The molecule has 0 radical (unpaired) electrons. The van der Waals surface area contributed by atoms with Crippen LogP contribution in [-0.2, 0) is 0 Å². The van der Waals surface area contributed by atoms with E-state index in [9.17, 15) is 4.79 Å². The molecule has 2 aromatic rings. The van der Waals surface area contributed by atoms with Crippen LogP contribution in [-0.4, -0.2) is 5.78 Å². The zero-order valence-electron chi connectivity index (χ0n) is 11.7. The molecule has 1 N–H and O–H groups in total. The third-order valence-electron chi connectivity index (χ3n) is 2.96. The summed E-state index contributed by atoms with van der Waals surface area (Å²) in [6.07, 6.45) is 1.23. The largest absolute Gasteiger partial charge is 0.359 e. The van der Waals surface area contributed by atoms with Crippen molar-refractivity contribution in [2.45, 2.75) is 0 Å². The normalized spacial score (nSPS) is 9.39. The van der Waals surface area contributed by atoms with Gasteiger partial charge < -0.3 is 5.32 Å². The summed E-state index contributed by atoms with van der Waals surface area (Å²) in [6, 6.07) is 14.8. The molecule has 2 aromatic carbocycles. The fraction of sp³-hybridized carbons (Fsp3) is 0. The number of carbonyl (C=O) groups is 1. The Morgan fingerprint density at radius 3 is 2.39 bits per heavy atom. The van der Waals surface area contributed by atoms with E-state index in [0.717, 1.165) is 0 Å². The maximum absolute atomic E-state index is 12.7. The summed E-state index contributed by atoms with van der Waals surface area (Å²) in [6.45, 7) is 0. The zero-order chi connectivity index (χ0) is 16.8. The van der Waals surface area contributed by atoms with E-state index in [0.29, 0.717) is 21.3 Å². The lowest BCUT2D eigenvalue weighted by Gasteiger charge is -2.10. The minimum Gasteiger partial charge on any atom is -0.359 e. The van der Waals surface area contributed by atoms with Gasteiger partial charge in [0, 0.05) is 28.0 Å². The van der Waals surface area contributed by atoms with E-state index >= 15 is 0 Å². The van der Waals surface area contributed by atoms with Gasteiger partial charge in [-0.05, 0) is 30.3 Å². The van der Waals surface area contributed by atoms with Gasteiger partial charge in [0.1, 0.15) is 17.7 Å². The van der Waals surface area contributed by atoms with E-state index < -0.39 is 0 Å². The second kappa shape index (κ2) is 7.47. The molecule has 6 heteroatoms. The van der Waals surface area contributed by atoms with Crippen molar-refractivity contribution >= 4 is 34.7 Å². The van der Waals surface area contributed by atoms with E-state index in [1.54, 1.807) is 48.5 Å². The molecule has 0 fully saturated rings. The summed E-state index contributed by atoms with van der Waals surface area (Å²) in [5.74, 6) is -0.315. The third kappa shape index (κ3) is 3.90. The van der Waals surface area contributed by atoms with Gasteiger partial charge in [-0.1, -0.05) is 35.3 Å². The first-order valence-electron chi connectivity index (χ1n) is 6.42. The quantitative estimate of drug-likeness (QED) is 0.652. The molecular weight excluding hydrogens is 333 g/mol. The van der Waals surface area contributed by atoms with Crippen molar-refractivity contribution in [3.05, 3.63) is 75.4 Å². The van der Waals surface area contributed by atoms with Crippen LogP contribution in [0.1, 0.15) is 15.9 Å².